The fraction of sp³-hybridized carbons (Fsp3) is 0.545. The highest BCUT2D eigenvalue weighted by Crippen LogP contribution is 2.00. The fourth-order valence-corrected chi connectivity index (χ4v) is 0.897. The van der Waals surface area contributed by atoms with Crippen LogP contribution in [0, 0.1) is 0 Å². The maximum Gasteiger partial charge on any atom is 0.414 e. The highest BCUT2D eigenvalue weighted by Gasteiger charge is 2.22. The lowest BCUT2D eigenvalue weighted by Gasteiger charge is -2.07. The maximum atomic E-state index is 11.6. The molecule has 0 aromatic carbocycles. The minimum atomic E-state index is -0.936. The van der Waals surface area contributed by atoms with Gasteiger partial charge in [0.2, 0.25) is 0 Å². The largest absolute Gasteiger partial charge is 0.500 e. The lowest BCUT2D eigenvalue weighted by molar-refractivity contribution is -0.140. The molecule has 0 bridgehead atoms. The van der Waals surface area contributed by atoms with Gasteiger partial charge < -0.3 is 14.2 Å². The molecule has 0 aromatic heterocycles. The van der Waals surface area contributed by atoms with E-state index in [1.807, 2.05) is 5.32 Å². The Kier molecular flexibility index (Phi) is 8.00. The number of esters is 1. The molecule has 7 heteroatoms. The number of ether oxygens (including phenoxy) is 3. The first kappa shape index (κ1) is 16.0. The van der Waals surface area contributed by atoms with E-state index in [0.717, 1.165) is 6.26 Å². The summed E-state index contributed by atoms with van der Waals surface area (Å²) in [5, 5.41) is 1.88. The zero-order valence-corrected chi connectivity index (χ0v) is 10.6. The molecule has 0 aromatic rings. The number of carbonyl (C=O) groups excluding carboxylic acids is 3. The average Bonchev–Trinajstić information content (AvgIpc) is 2.30. The summed E-state index contributed by atoms with van der Waals surface area (Å²) >= 11 is 0. The molecule has 0 atom stereocenters. The summed E-state index contributed by atoms with van der Waals surface area (Å²) in [6.45, 7) is 5.36. The molecule has 0 heterocycles. The van der Waals surface area contributed by atoms with Crippen molar-refractivity contribution in [2.24, 2.45) is 0 Å². The van der Waals surface area contributed by atoms with Crippen LogP contribution in [-0.2, 0) is 23.8 Å². The van der Waals surface area contributed by atoms with E-state index >= 15 is 0 Å². The summed E-state index contributed by atoms with van der Waals surface area (Å²) in [6.07, 6.45) is 0.0150. The first-order valence-corrected chi connectivity index (χ1v) is 5.53. The maximum absolute atomic E-state index is 11.6. The summed E-state index contributed by atoms with van der Waals surface area (Å²) in [5.41, 5.74) is -0.397. The monoisotopic (exact) mass is 259 g/mol. The van der Waals surface area contributed by atoms with Crippen molar-refractivity contribution in [3.63, 3.8) is 0 Å². The molecule has 102 valence electrons. The minimum absolute atomic E-state index is 0.106. The average molecular weight is 259 g/mol. The summed E-state index contributed by atoms with van der Waals surface area (Å²) in [5.74, 6) is -1.80. The Labute approximate surface area is 105 Å². The van der Waals surface area contributed by atoms with Crippen LogP contribution in [0.5, 0.6) is 0 Å². The van der Waals surface area contributed by atoms with Crippen molar-refractivity contribution in [3.05, 3.63) is 11.8 Å². The predicted molar refractivity (Wildman–Crippen MR) is 61.5 cm³/mol. The first-order chi connectivity index (χ1) is 8.56. The third-order valence-corrected chi connectivity index (χ3v) is 1.60. The van der Waals surface area contributed by atoms with Gasteiger partial charge in [-0.15, -0.1) is 0 Å². The third kappa shape index (κ3) is 5.88. The molecule has 1 N–H and O–H groups in total. The predicted octanol–water partition coefficient (Wildman–Crippen LogP) is 0.743. The van der Waals surface area contributed by atoms with Crippen molar-refractivity contribution in [2.75, 3.05) is 19.8 Å². The van der Waals surface area contributed by atoms with Crippen LogP contribution in [0.15, 0.2) is 11.8 Å². The Hall–Kier alpha value is -2.05. The van der Waals surface area contributed by atoms with Crippen molar-refractivity contribution in [3.8, 4) is 0 Å². The number of rotatable bonds is 6. The van der Waals surface area contributed by atoms with Gasteiger partial charge in [-0.1, -0.05) is 0 Å². The van der Waals surface area contributed by atoms with E-state index in [9.17, 15) is 14.4 Å². The van der Waals surface area contributed by atoms with Gasteiger partial charge in [-0.05, 0) is 20.8 Å². The molecular formula is C11H17NO6. The molecule has 18 heavy (non-hydrogen) atoms. The van der Waals surface area contributed by atoms with Crippen LogP contribution in [-0.4, -0.2) is 37.8 Å². The van der Waals surface area contributed by atoms with Crippen LogP contribution in [0.1, 0.15) is 20.8 Å². The molecular weight excluding hydrogens is 242 g/mol. The highest BCUT2D eigenvalue weighted by molar-refractivity contribution is 6.19. The Morgan fingerprint density at radius 1 is 1.00 bits per heavy atom. The van der Waals surface area contributed by atoms with Crippen LogP contribution in [0.4, 0.5) is 4.79 Å². The number of carbonyl (C=O) groups is 3. The van der Waals surface area contributed by atoms with Gasteiger partial charge in [-0.25, -0.2) is 9.59 Å². The van der Waals surface area contributed by atoms with Gasteiger partial charge in [0.1, 0.15) is 6.26 Å². The number of nitrogens with one attached hydrogen (secondary N) is 1. The van der Waals surface area contributed by atoms with Crippen molar-refractivity contribution in [2.45, 2.75) is 20.8 Å². The van der Waals surface area contributed by atoms with E-state index in [-0.39, 0.29) is 19.8 Å². The van der Waals surface area contributed by atoms with E-state index in [1.54, 1.807) is 20.8 Å². The van der Waals surface area contributed by atoms with Gasteiger partial charge in [0.15, 0.2) is 5.57 Å². The van der Waals surface area contributed by atoms with Crippen LogP contribution < -0.4 is 5.32 Å². The molecule has 0 radical (unpaired) electrons. The molecule has 0 fully saturated rings. The lowest BCUT2D eigenvalue weighted by Crippen LogP contribution is -2.35. The van der Waals surface area contributed by atoms with Gasteiger partial charge in [0, 0.05) is 0 Å². The Morgan fingerprint density at radius 3 is 2.11 bits per heavy atom. The second-order valence-corrected chi connectivity index (χ2v) is 2.88. The number of hydrogen-bond acceptors (Lipinski definition) is 6. The third-order valence-electron chi connectivity index (χ3n) is 1.60. The number of alkyl carbamates (subject to hydrolysis) is 1. The van der Waals surface area contributed by atoms with E-state index in [1.165, 1.54) is 0 Å². The van der Waals surface area contributed by atoms with Crippen molar-refractivity contribution in [1.29, 1.82) is 0 Å². The van der Waals surface area contributed by atoms with Gasteiger partial charge in [0.05, 0.1) is 19.8 Å². The van der Waals surface area contributed by atoms with E-state index < -0.39 is 23.5 Å². The quantitative estimate of drug-likeness (QED) is 0.249. The van der Waals surface area contributed by atoms with Gasteiger partial charge in [-0.3, -0.25) is 10.1 Å². The van der Waals surface area contributed by atoms with Crippen LogP contribution in [0.2, 0.25) is 0 Å². The van der Waals surface area contributed by atoms with Crippen molar-refractivity contribution >= 4 is 18.0 Å². The molecule has 0 aliphatic heterocycles. The van der Waals surface area contributed by atoms with Crippen LogP contribution >= 0.6 is 0 Å². The number of hydrogen-bond donors (Lipinski definition) is 1. The molecule has 7 nitrogen and oxygen atoms in total. The van der Waals surface area contributed by atoms with E-state index in [4.69, 9.17) is 4.74 Å². The molecule has 0 saturated carbocycles. The van der Waals surface area contributed by atoms with Gasteiger partial charge in [0.25, 0.3) is 5.91 Å². The van der Waals surface area contributed by atoms with Crippen molar-refractivity contribution < 1.29 is 28.6 Å². The number of amides is 2. The molecule has 0 rings (SSSR count). The molecule has 0 spiro atoms. The van der Waals surface area contributed by atoms with Crippen molar-refractivity contribution in [1.82, 2.24) is 5.32 Å². The Bertz CT molecular complexity index is 336. The smallest absolute Gasteiger partial charge is 0.414 e. The van der Waals surface area contributed by atoms with Gasteiger partial charge in [-0.2, -0.15) is 0 Å². The second-order valence-electron chi connectivity index (χ2n) is 2.88. The summed E-state index contributed by atoms with van der Waals surface area (Å²) < 4.78 is 14.0. The standard InChI is InChI=1S/C11H17NO6/c1-4-16-7-8(10(14)17-5-2)9(13)12-11(15)18-6-3/h7H,4-6H2,1-3H3,(H,12,13,15)/b8-7+. The molecule has 2 amide bonds. The molecule has 0 aliphatic carbocycles. The lowest BCUT2D eigenvalue weighted by atomic mass is 10.3. The minimum Gasteiger partial charge on any atom is -0.500 e. The van der Waals surface area contributed by atoms with Crippen LogP contribution in [0.25, 0.3) is 0 Å². The topological polar surface area (TPSA) is 90.9 Å². The summed E-state index contributed by atoms with van der Waals surface area (Å²) in [7, 11) is 0. The zero-order valence-electron chi connectivity index (χ0n) is 10.6. The first-order valence-electron chi connectivity index (χ1n) is 5.53. The number of imide groups is 1. The SMILES string of the molecule is CCO/C=C(\C(=O)NC(=O)OCC)C(=O)OCC. The van der Waals surface area contributed by atoms with E-state index in [0.29, 0.717) is 0 Å². The zero-order chi connectivity index (χ0) is 14.0. The molecule has 0 saturated heterocycles. The van der Waals surface area contributed by atoms with Gasteiger partial charge >= 0.3 is 12.1 Å². The second kappa shape index (κ2) is 9.03. The van der Waals surface area contributed by atoms with Crippen LogP contribution in [0.3, 0.4) is 0 Å². The summed E-state index contributed by atoms with van der Waals surface area (Å²) in [6, 6.07) is 0. The highest BCUT2D eigenvalue weighted by atomic mass is 16.6. The van der Waals surface area contributed by atoms with E-state index in [2.05, 4.69) is 9.47 Å². The Balaban J connectivity index is 4.70. The Morgan fingerprint density at radius 2 is 1.61 bits per heavy atom. The normalized spacial score (nSPS) is 10.5. The molecule has 0 aliphatic rings. The fourth-order valence-electron chi connectivity index (χ4n) is 0.897. The summed E-state index contributed by atoms with van der Waals surface area (Å²) in [4.78, 5) is 34.1. The molecule has 0 unspecified atom stereocenters.